The van der Waals surface area contributed by atoms with Gasteiger partial charge in [-0.1, -0.05) is 0 Å². The molecule has 0 aliphatic heterocycles. The first kappa shape index (κ1) is 14.2. The van der Waals surface area contributed by atoms with E-state index in [0.29, 0.717) is 0 Å². The fourth-order valence-electron chi connectivity index (χ4n) is 2.17. The summed E-state index contributed by atoms with van der Waals surface area (Å²) in [6.45, 7) is -0.257. The molecule has 0 unspecified atom stereocenters. The summed E-state index contributed by atoms with van der Waals surface area (Å²) in [7, 11) is 0. The van der Waals surface area contributed by atoms with Crippen LogP contribution >= 0.6 is 0 Å². The molecule has 6 heteroatoms. The van der Waals surface area contributed by atoms with E-state index in [1.165, 1.54) is 6.20 Å². The highest BCUT2D eigenvalue weighted by Crippen LogP contribution is 2.36. The summed E-state index contributed by atoms with van der Waals surface area (Å²) in [6, 6.07) is 5.05. The highest BCUT2D eigenvalue weighted by molar-refractivity contribution is 5.29. The van der Waals surface area contributed by atoms with Gasteiger partial charge in [0.2, 0.25) is 0 Å². The van der Waals surface area contributed by atoms with Crippen molar-refractivity contribution in [3.8, 4) is 6.07 Å². The van der Waals surface area contributed by atoms with Crippen LogP contribution in [0.5, 0.6) is 0 Å². The molecule has 4 nitrogen and oxygen atoms in total. The van der Waals surface area contributed by atoms with E-state index in [9.17, 15) is 14.0 Å². The summed E-state index contributed by atoms with van der Waals surface area (Å²) >= 11 is 0. The molecule has 1 N–H and O–H groups in total. The van der Waals surface area contributed by atoms with Gasteiger partial charge in [0.1, 0.15) is 23.3 Å². The van der Waals surface area contributed by atoms with Gasteiger partial charge in [-0.05, 0) is 30.2 Å². The van der Waals surface area contributed by atoms with E-state index in [4.69, 9.17) is 9.52 Å². The maximum Gasteiger partial charge on any atom is 0.180 e. The predicted octanol–water partition coefficient (Wildman–Crippen LogP) is 2.73. The third-order valence-electron chi connectivity index (χ3n) is 3.10. The molecule has 0 radical (unpaired) electrons. The normalized spacial score (nSPS) is 13.7. The van der Waals surface area contributed by atoms with Crippen molar-refractivity contribution in [3.05, 3.63) is 53.7 Å². The standard InChI is InChI=1S/C14H12F2N2O2/c15-9-1-2-13(16)11(5-9)10(3-4-19)12(6-17)14-7-18-8-20-14/h1-2,5,7-8,10,12,19H,3-4H2/t10-,12-/m1/s1. The molecule has 0 fully saturated rings. The van der Waals surface area contributed by atoms with Crippen LogP contribution < -0.4 is 0 Å². The molecule has 1 aromatic heterocycles. The van der Waals surface area contributed by atoms with Crippen LogP contribution in [0.1, 0.15) is 29.6 Å². The number of aliphatic hydroxyl groups excluding tert-OH is 1. The zero-order chi connectivity index (χ0) is 14.5. The van der Waals surface area contributed by atoms with Gasteiger partial charge >= 0.3 is 0 Å². The van der Waals surface area contributed by atoms with Gasteiger partial charge in [-0.25, -0.2) is 13.8 Å². The first-order valence-corrected chi connectivity index (χ1v) is 6.01. The van der Waals surface area contributed by atoms with E-state index in [0.717, 1.165) is 24.6 Å². The number of rotatable bonds is 5. The van der Waals surface area contributed by atoms with Crippen LogP contribution in [0.4, 0.5) is 8.78 Å². The number of hydrogen-bond donors (Lipinski definition) is 1. The van der Waals surface area contributed by atoms with Gasteiger partial charge in [-0.3, -0.25) is 0 Å². The number of halogens is 2. The molecule has 2 aromatic rings. The molecule has 104 valence electrons. The number of aliphatic hydroxyl groups is 1. The molecule has 0 aliphatic carbocycles. The van der Waals surface area contributed by atoms with Crippen molar-refractivity contribution in [3.63, 3.8) is 0 Å². The Morgan fingerprint density at radius 1 is 1.40 bits per heavy atom. The minimum atomic E-state index is -0.846. The molecular weight excluding hydrogens is 266 g/mol. The van der Waals surface area contributed by atoms with Crippen LogP contribution in [0.25, 0.3) is 0 Å². The highest BCUT2D eigenvalue weighted by Gasteiger charge is 2.29. The average molecular weight is 278 g/mol. The van der Waals surface area contributed by atoms with Crippen LogP contribution in [0.15, 0.2) is 35.2 Å². The first-order valence-electron chi connectivity index (χ1n) is 6.01. The molecule has 0 saturated carbocycles. The molecular formula is C14H12F2N2O2. The van der Waals surface area contributed by atoms with Gasteiger partial charge < -0.3 is 9.52 Å². The average Bonchev–Trinajstić information content (AvgIpc) is 2.95. The Hall–Kier alpha value is -2.26. The maximum atomic E-state index is 13.9. The Bertz CT molecular complexity index is 608. The Balaban J connectivity index is 2.45. The topological polar surface area (TPSA) is 70.0 Å². The SMILES string of the molecule is N#C[C@@H](c1cnco1)[C@H](CCO)c1cc(F)ccc1F. The lowest BCUT2D eigenvalue weighted by Crippen LogP contribution is -2.13. The molecule has 0 amide bonds. The number of benzene rings is 1. The highest BCUT2D eigenvalue weighted by atomic mass is 19.1. The Kier molecular flexibility index (Phi) is 4.43. The van der Waals surface area contributed by atoms with Gasteiger partial charge in [0, 0.05) is 12.5 Å². The quantitative estimate of drug-likeness (QED) is 0.912. The van der Waals surface area contributed by atoms with E-state index in [1.54, 1.807) is 0 Å². The van der Waals surface area contributed by atoms with Crippen LogP contribution in [0.3, 0.4) is 0 Å². The molecule has 2 rings (SSSR count). The lowest BCUT2D eigenvalue weighted by atomic mass is 9.83. The minimum absolute atomic E-state index is 0.0435. The van der Waals surface area contributed by atoms with E-state index >= 15 is 0 Å². The van der Waals surface area contributed by atoms with Gasteiger partial charge in [-0.15, -0.1) is 0 Å². The Morgan fingerprint density at radius 3 is 2.80 bits per heavy atom. The van der Waals surface area contributed by atoms with Crippen LogP contribution in [0, 0.1) is 23.0 Å². The Labute approximate surface area is 114 Å². The number of hydrogen-bond acceptors (Lipinski definition) is 4. The molecule has 2 atom stereocenters. The summed E-state index contributed by atoms with van der Waals surface area (Å²) in [5.41, 5.74) is 0.0435. The smallest absolute Gasteiger partial charge is 0.180 e. The van der Waals surface area contributed by atoms with Crippen LogP contribution in [-0.4, -0.2) is 16.7 Å². The van der Waals surface area contributed by atoms with Crippen LogP contribution in [0.2, 0.25) is 0 Å². The zero-order valence-corrected chi connectivity index (χ0v) is 10.5. The monoisotopic (exact) mass is 278 g/mol. The summed E-state index contributed by atoms with van der Waals surface area (Å²) in [6.07, 6.45) is 2.63. The zero-order valence-electron chi connectivity index (χ0n) is 10.5. The number of nitrogens with zero attached hydrogens (tertiary/aromatic N) is 2. The fraction of sp³-hybridized carbons (Fsp3) is 0.286. The van der Waals surface area contributed by atoms with Crippen molar-refractivity contribution in [2.45, 2.75) is 18.3 Å². The van der Waals surface area contributed by atoms with E-state index < -0.39 is 23.5 Å². The molecule has 0 saturated heterocycles. The van der Waals surface area contributed by atoms with Crippen molar-refractivity contribution in [1.29, 1.82) is 5.26 Å². The lowest BCUT2D eigenvalue weighted by molar-refractivity contribution is 0.267. The van der Waals surface area contributed by atoms with Gasteiger partial charge in [0.25, 0.3) is 0 Å². The molecule has 1 heterocycles. The fourth-order valence-corrected chi connectivity index (χ4v) is 2.17. The summed E-state index contributed by atoms with van der Waals surface area (Å²) in [4.78, 5) is 3.72. The van der Waals surface area contributed by atoms with E-state index in [2.05, 4.69) is 4.98 Å². The van der Waals surface area contributed by atoms with E-state index in [1.807, 2.05) is 6.07 Å². The third-order valence-corrected chi connectivity index (χ3v) is 3.10. The van der Waals surface area contributed by atoms with Gasteiger partial charge in [0.15, 0.2) is 6.39 Å². The number of nitriles is 1. The summed E-state index contributed by atoms with van der Waals surface area (Å²) < 4.78 is 32.3. The van der Waals surface area contributed by atoms with Crippen molar-refractivity contribution < 1.29 is 18.3 Å². The van der Waals surface area contributed by atoms with Crippen molar-refractivity contribution in [2.24, 2.45) is 0 Å². The Morgan fingerprint density at radius 2 is 2.20 bits per heavy atom. The van der Waals surface area contributed by atoms with Gasteiger partial charge in [-0.2, -0.15) is 5.26 Å². The molecule has 20 heavy (non-hydrogen) atoms. The maximum absolute atomic E-state index is 13.9. The van der Waals surface area contributed by atoms with Crippen molar-refractivity contribution in [1.82, 2.24) is 4.98 Å². The second-order valence-corrected chi connectivity index (χ2v) is 4.30. The van der Waals surface area contributed by atoms with Gasteiger partial charge in [0.05, 0.1) is 12.3 Å². The predicted molar refractivity (Wildman–Crippen MR) is 65.7 cm³/mol. The van der Waals surface area contributed by atoms with Crippen molar-refractivity contribution >= 4 is 0 Å². The molecule has 0 spiro atoms. The molecule has 0 bridgehead atoms. The second-order valence-electron chi connectivity index (χ2n) is 4.30. The van der Waals surface area contributed by atoms with Crippen molar-refractivity contribution in [2.75, 3.05) is 6.61 Å². The molecule has 0 aliphatic rings. The largest absolute Gasteiger partial charge is 0.447 e. The summed E-state index contributed by atoms with van der Waals surface area (Å²) in [5.74, 6) is -2.52. The van der Waals surface area contributed by atoms with Crippen LogP contribution in [-0.2, 0) is 0 Å². The second kappa shape index (κ2) is 6.26. The molecule has 1 aromatic carbocycles. The van der Waals surface area contributed by atoms with E-state index in [-0.39, 0.29) is 24.4 Å². The minimum Gasteiger partial charge on any atom is -0.447 e. The lowest BCUT2D eigenvalue weighted by Gasteiger charge is -2.20. The number of oxazole rings is 1. The summed E-state index contributed by atoms with van der Waals surface area (Å²) in [5, 5.41) is 18.4. The number of aromatic nitrogens is 1. The third kappa shape index (κ3) is 2.83. The first-order chi connectivity index (χ1) is 9.67.